The smallest absolute Gasteiger partial charge is 0.298 e. The van der Waals surface area contributed by atoms with Crippen LogP contribution in [0.5, 0.6) is 0 Å². The molecule has 0 spiro atoms. The number of hydrogen-bond acceptors (Lipinski definition) is 2. The summed E-state index contributed by atoms with van der Waals surface area (Å²) in [7, 11) is 0. The molecule has 0 aromatic carbocycles. The summed E-state index contributed by atoms with van der Waals surface area (Å²) >= 11 is 0. The summed E-state index contributed by atoms with van der Waals surface area (Å²) in [5, 5.41) is 0. The first-order valence-electron chi connectivity index (χ1n) is 3.64. The number of pyridine rings is 1. The molecular weight excluding hydrogens is 221 g/mol. The molecule has 0 unspecified atom stereocenters. The maximum Gasteiger partial charge on any atom is 0.458 e. The molecule has 0 bridgehead atoms. The monoisotopic (exact) mass is 225 g/mol. The topological polar surface area (TPSA) is 30.0 Å². The van der Waals surface area contributed by atoms with Crippen molar-refractivity contribution in [2.45, 2.75) is 12.1 Å². The zero-order valence-corrected chi connectivity index (χ0v) is 7.05. The van der Waals surface area contributed by atoms with Crippen molar-refractivity contribution < 1.29 is 26.7 Å². The average molecular weight is 225 g/mol. The van der Waals surface area contributed by atoms with E-state index in [0.717, 1.165) is 6.20 Å². The van der Waals surface area contributed by atoms with E-state index in [1.165, 1.54) is 0 Å². The first-order valence-corrected chi connectivity index (χ1v) is 3.64. The van der Waals surface area contributed by atoms with E-state index in [2.05, 4.69) is 4.98 Å². The molecular formula is C8H4F5NO. The number of hydrogen-bond donors (Lipinski definition) is 0. The first kappa shape index (κ1) is 11.5. The van der Waals surface area contributed by atoms with Gasteiger partial charge in [0.05, 0.1) is 0 Å². The van der Waals surface area contributed by atoms with Gasteiger partial charge in [0.15, 0.2) is 6.29 Å². The summed E-state index contributed by atoms with van der Waals surface area (Å²) in [4.78, 5) is 13.3. The Morgan fingerprint density at radius 3 is 2.20 bits per heavy atom. The molecule has 0 radical (unpaired) electrons. The molecule has 7 heteroatoms. The first-order chi connectivity index (χ1) is 6.79. The highest BCUT2D eigenvalue weighted by Gasteiger charge is 2.58. The van der Waals surface area contributed by atoms with Crippen LogP contribution in [0, 0.1) is 0 Å². The van der Waals surface area contributed by atoms with Gasteiger partial charge in [-0.25, -0.2) is 0 Å². The number of halogens is 5. The molecule has 2 nitrogen and oxygen atoms in total. The van der Waals surface area contributed by atoms with Crippen LogP contribution in [0.4, 0.5) is 22.0 Å². The fourth-order valence-corrected chi connectivity index (χ4v) is 0.858. The number of rotatable bonds is 2. The van der Waals surface area contributed by atoms with Crippen LogP contribution >= 0.6 is 0 Å². The van der Waals surface area contributed by atoms with Gasteiger partial charge >= 0.3 is 12.1 Å². The SMILES string of the molecule is O=Cc1cncc(C(F)(F)C(F)(F)F)c1. The largest absolute Gasteiger partial charge is 0.458 e. The van der Waals surface area contributed by atoms with Gasteiger partial charge < -0.3 is 0 Å². The summed E-state index contributed by atoms with van der Waals surface area (Å²) in [5.74, 6) is -5.00. The predicted molar refractivity (Wildman–Crippen MR) is 39.6 cm³/mol. The lowest BCUT2D eigenvalue weighted by molar-refractivity contribution is -0.289. The quantitative estimate of drug-likeness (QED) is 0.571. The van der Waals surface area contributed by atoms with Gasteiger partial charge in [0.2, 0.25) is 0 Å². The molecule has 0 saturated carbocycles. The molecule has 0 aliphatic heterocycles. The predicted octanol–water partition coefficient (Wildman–Crippen LogP) is 2.55. The number of aldehydes is 1. The van der Waals surface area contributed by atoms with Crippen LogP contribution in [-0.2, 0) is 5.92 Å². The Bertz CT molecular complexity index is 374. The van der Waals surface area contributed by atoms with Crippen LogP contribution < -0.4 is 0 Å². The number of carbonyl (C=O) groups excluding carboxylic acids is 1. The Hall–Kier alpha value is -1.53. The average Bonchev–Trinajstić information content (AvgIpc) is 2.16. The summed E-state index contributed by atoms with van der Waals surface area (Å²) < 4.78 is 61.1. The normalized spacial score (nSPS) is 12.6. The molecule has 0 aliphatic carbocycles. The third kappa shape index (κ3) is 2.11. The Labute approximate surface area is 80.7 Å². The van der Waals surface area contributed by atoms with Crippen molar-refractivity contribution >= 4 is 6.29 Å². The van der Waals surface area contributed by atoms with Crippen molar-refractivity contribution in [2.24, 2.45) is 0 Å². The van der Waals surface area contributed by atoms with Crippen molar-refractivity contribution in [3.05, 3.63) is 29.6 Å². The summed E-state index contributed by atoms with van der Waals surface area (Å²) in [5.41, 5.74) is -1.68. The van der Waals surface area contributed by atoms with Crippen LogP contribution in [0.25, 0.3) is 0 Å². The second-order valence-corrected chi connectivity index (χ2v) is 2.70. The van der Waals surface area contributed by atoms with E-state index < -0.39 is 17.7 Å². The Morgan fingerprint density at radius 2 is 1.73 bits per heavy atom. The standard InChI is InChI=1S/C8H4F5NO/c9-7(10,8(11,12)13)6-1-5(4-15)2-14-3-6/h1-4H. The van der Waals surface area contributed by atoms with Crippen LogP contribution in [0.15, 0.2) is 18.5 Å². The zero-order valence-electron chi connectivity index (χ0n) is 7.05. The van der Waals surface area contributed by atoms with E-state index in [0.29, 0.717) is 12.3 Å². The van der Waals surface area contributed by atoms with Gasteiger partial charge in [0.25, 0.3) is 0 Å². The van der Waals surface area contributed by atoms with E-state index in [4.69, 9.17) is 0 Å². The zero-order chi connectivity index (χ0) is 11.7. The van der Waals surface area contributed by atoms with Gasteiger partial charge in [-0.3, -0.25) is 9.78 Å². The van der Waals surface area contributed by atoms with E-state index in [-0.39, 0.29) is 11.8 Å². The van der Waals surface area contributed by atoms with Crippen LogP contribution in [0.1, 0.15) is 15.9 Å². The molecule has 1 rings (SSSR count). The lowest BCUT2D eigenvalue weighted by atomic mass is 10.1. The molecule has 15 heavy (non-hydrogen) atoms. The van der Waals surface area contributed by atoms with Gasteiger partial charge in [0.1, 0.15) is 0 Å². The van der Waals surface area contributed by atoms with Crippen molar-refractivity contribution in [3.8, 4) is 0 Å². The maximum atomic E-state index is 12.7. The third-order valence-corrected chi connectivity index (χ3v) is 1.61. The molecule has 82 valence electrons. The lowest BCUT2D eigenvalue weighted by Gasteiger charge is -2.19. The van der Waals surface area contributed by atoms with Gasteiger partial charge in [-0.05, 0) is 6.07 Å². The van der Waals surface area contributed by atoms with Crippen LogP contribution in [-0.4, -0.2) is 17.4 Å². The second kappa shape index (κ2) is 3.56. The van der Waals surface area contributed by atoms with Crippen LogP contribution in [0.3, 0.4) is 0 Å². The van der Waals surface area contributed by atoms with E-state index in [9.17, 15) is 26.7 Å². The van der Waals surface area contributed by atoms with E-state index in [1.807, 2.05) is 0 Å². The third-order valence-electron chi connectivity index (χ3n) is 1.61. The minimum Gasteiger partial charge on any atom is -0.298 e. The van der Waals surface area contributed by atoms with Gasteiger partial charge in [-0.15, -0.1) is 0 Å². The molecule has 1 aromatic heterocycles. The Morgan fingerprint density at radius 1 is 1.13 bits per heavy atom. The van der Waals surface area contributed by atoms with Gasteiger partial charge in [-0.2, -0.15) is 22.0 Å². The molecule has 0 N–H and O–H groups in total. The minimum atomic E-state index is -5.70. The molecule has 1 heterocycles. The van der Waals surface area contributed by atoms with Crippen molar-refractivity contribution in [1.82, 2.24) is 4.98 Å². The maximum absolute atomic E-state index is 12.7. The lowest BCUT2D eigenvalue weighted by Crippen LogP contribution is -2.33. The van der Waals surface area contributed by atoms with Gasteiger partial charge in [0, 0.05) is 23.5 Å². The number of alkyl halides is 5. The van der Waals surface area contributed by atoms with Gasteiger partial charge in [-0.1, -0.05) is 0 Å². The number of aromatic nitrogens is 1. The van der Waals surface area contributed by atoms with E-state index in [1.54, 1.807) is 0 Å². The molecule has 0 fully saturated rings. The highest BCUT2D eigenvalue weighted by molar-refractivity contribution is 5.74. The molecule has 0 atom stereocenters. The molecule has 0 aliphatic rings. The second-order valence-electron chi connectivity index (χ2n) is 2.70. The highest BCUT2D eigenvalue weighted by Crippen LogP contribution is 2.43. The molecule has 0 amide bonds. The number of nitrogens with zero attached hydrogens (tertiary/aromatic N) is 1. The Kier molecular flexibility index (Phi) is 2.74. The van der Waals surface area contributed by atoms with Crippen molar-refractivity contribution in [1.29, 1.82) is 0 Å². The van der Waals surface area contributed by atoms with Crippen LogP contribution in [0.2, 0.25) is 0 Å². The summed E-state index contributed by atoms with van der Waals surface area (Å²) in [6.07, 6.45) is -4.29. The Balaban J connectivity index is 3.21. The number of carbonyl (C=O) groups is 1. The summed E-state index contributed by atoms with van der Waals surface area (Å²) in [6.45, 7) is 0. The molecule has 1 aromatic rings. The molecule has 0 saturated heterocycles. The van der Waals surface area contributed by atoms with E-state index >= 15 is 0 Å². The fraction of sp³-hybridized carbons (Fsp3) is 0.250. The van der Waals surface area contributed by atoms with Crippen molar-refractivity contribution in [2.75, 3.05) is 0 Å². The summed E-state index contributed by atoms with van der Waals surface area (Å²) in [6, 6.07) is 0.452. The van der Waals surface area contributed by atoms with Crippen molar-refractivity contribution in [3.63, 3.8) is 0 Å². The fourth-order valence-electron chi connectivity index (χ4n) is 0.858. The minimum absolute atomic E-state index is 0.142. The highest BCUT2D eigenvalue weighted by atomic mass is 19.4.